The zero-order chi connectivity index (χ0) is 25.4. The lowest BCUT2D eigenvalue weighted by molar-refractivity contribution is -0.141. The van der Waals surface area contributed by atoms with E-state index in [0.717, 1.165) is 4.90 Å². The number of amides is 4. The van der Waals surface area contributed by atoms with E-state index in [9.17, 15) is 24.3 Å². The summed E-state index contributed by atoms with van der Waals surface area (Å²) in [7, 11) is 1.42. The lowest BCUT2D eigenvalue weighted by Crippen LogP contribution is -2.60. The molecule has 35 heavy (non-hydrogen) atoms. The van der Waals surface area contributed by atoms with E-state index in [4.69, 9.17) is 27.9 Å². The van der Waals surface area contributed by atoms with E-state index in [1.807, 2.05) is 6.08 Å². The Hall–Kier alpha value is -2.10. The van der Waals surface area contributed by atoms with Crippen LogP contribution in [0, 0.1) is 17.8 Å². The first-order chi connectivity index (χ1) is 16.6. The SMILES string of the molecule is CCN1C(=O)C2CC=C3C(CC4(Cl)C(=O)N(CBr)C(=O)C4(Cl)C3c3c(O)cccc3OC)C2C1=O. The molecule has 1 N–H and O–H groups in total. The third-order valence-corrected chi connectivity index (χ3v) is 9.89. The minimum atomic E-state index is -1.99. The molecule has 6 unspecified atom stereocenters. The Kier molecular flexibility index (Phi) is 5.77. The summed E-state index contributed by atoms with van der Waals surface area (Å²) in [5, 5.41) is 11.0. The highest BCUT2D eigenvalue weighted by molar-refractivity contribution is 9.09. The monoisotopic (exact) mass is 584 g/mol. The first-order valence-corrected chi connectivity index (χ1v) is 13.2. The molecule has 1 saturated carbocycles. The molecule has 0 radical (unpaired) electrons. The maximum Gasteiger partial charge on any atom is 0.254 e. The van der Waals surface area contributed by atoms with Gasteiger partial charge >= 0.3 is 0 Å². The number of fused-ring (bicyclic) bond motifs is 4. The number of carbonyl (C=O) groups is 4. The van der Waals surface area contributed by atoms with Gasteiger partial charge in [0.05, 0.1) is 24.4 Å². The van der Waals surface area contributed by atoms with Crippen molar-refractivity contribution >= 4 is 62.8 Å². The molecule has 8 nitrogen and oxygen atoms in total. The Labute approximate surface area is 220 Å². The predicted molar refractivity (Wildman–Crippen MR) is 130 cm³/mol. The number of phenols is 1. The number of imide groups is 2. The molecule has 11 heteroatoms. The summed E-state index contributed by atoms with van der Waals surface area (Å²) >= 11 is 17.4. The van der Waals surface area contributed by atoms with E-state index in [-0.39, 0.29) is 53.7 Å². The summed E-state index contributed by atoms with van der Waals surface area (Å²) < 4.78 is 5.52. The highest BCUT2D eigenvalue weighted by Crippen LogP contribution is 2.67. The second kappa shape index (κ2) is 8.21. The summed E-state index contributed by atoms with van der Waals surface area (Å²) in [4.78, 5) is 51.9. The van der Waals surface area contributed by atoms with Crippen LogP contribution in [0.3, 0.4) is 0 Å². The molecule has 2 saturated heterocycles. The molecule has 0 spiro atoms. The third-order valence-electron chi connectivity index (χ3n) is 7.97. The Morgan fingerprint density at radius 2 is 1.83 bits per heavy atom. The van der Waals surface area contributed by atoms with Crippen LogP contribution in [0.4, 0.5) is 0 Å². The van der Waals surface area contributed by atoms with Crippen LogP contribution in [0.2, 0.25) is 0 Å². The number of carbonyl (C=O) groups excluding carboxylic acids is 4. The predicted octanol–water partition coefficient (Wildman–Crippen LogP) is 3.13. The Morgan fingerprint density at radius 1 is 1.11 bits per heavy atom. The number of rotatable bonds is 4. The summed E-state index contributed by atoms with van der Waals surface area (Å²) in [6.07, 6.45) is 2.00. The Morgan fingerprint density at radius 3 is 2.46 bits per heavy atom. The van der Waals surface area contributed by atoms with Crippen molar-refractivity contribution in [2.45, 2.75) is 35.4 Å². The van der Waals surface area contributed by atoms with Gasteiger partial charge in [-0.05, 0) is 37.8 Å². The topological polar surface area (TPSA) is 104 Å². The number of hydrogen-bond donors (Lipinski definition) is 1. The molecule has 6 atom stereocenters. The number of likely N-dealkylation sites (tertiary alicyclic amines) is 2. The molecule has 2 aliphatic carbocycles. The highest BCUT2D eigenvalue weighted by Gasteiger charge is 2.76. The smallest absolute Gasteiger partial charge is 0.254 e. The van der Waals surface area contributed by atoms with Gasteiger partial charge in [-0.2, -0.15) is 0 Å². The molecule has 2 heterocycles. The third kappa shape index (κ3) is 2.92. The summed E-state index contributed by atoms with van der Waals surface area (Å²) in [5.74, 6) is -4.89. The zero-order valence-electron chi connectivity index (χ0n) is 19.0. The van der Waals surface area contributed by atoms with Crippen LogP contribution in [0.1, 0.15) is 31.2 Å². The van der Waals surface area contributed by atoms with Crippen molar-refractivity contribution in [1.82, 2.24) is 9.80 Å². The average Bonchev–Trinajstić information content (AvgIpc) is 3.17. The highest BCUT2D eigenvalue weighted by atomic mass is 79.9. The fraction of sp³-hybridized carbons (Fsp3) is 0.500. The average molecular weight is 586 g/mol. The molecule has 186 valence electrons. The van der Waals surface area contributed by atoms with E-state index in [1.54, 1.807) is 19.1 Å². The molecular formula is C24H23BrCl2N2O6. The fourth-order valence-corrected chi connectivity index (χ4v) is 7.86. The largest absolute Gasteiger partial charge is 0.508 e. The summed E-state index contributed by atoms with van der Waals surface area (Å²) in [6, 6.07) is 4.65. The van der Waals surface area contributed by atoms with Gasteiger partial charge in [0.2, 0.25) is 11.8 Å². The number of ether oxygens (including phenoxy) is 1. The number of hydrogen-bond acceptors (Lipinski definition) is 6. The molecule has 5 rings (SSSR count). The van der Waals surface area contributed by atoms with Crippen molar-refractivity contribution in [3.63, 3.8) is 0 Å². The normalized spacial score (nSPS) is 36.2. The first-order valence-electron chi connectivity index (χ1n) is 11.3. The zero-order valence-corrected chi connectivity index (χ0v) is 22.1. The van der Waals surface area contributed by atoms with E-state index in [2.05, 4.69) is 15.9 Å². The van der Waals surface area contributed by atoms with Gasteiger partial charge in [0, 0.05) is 18.0 Å². The number of halogens is 3. The molecule has 4 amide bonds. The van der Waals surface area contributed by atoms with Gasteiger partial charge in [-0.15, -0.1) is 23.2 Å². The quantitative estimate of drug-likeness (QED) is 0.252. The van der Waals surface area contributed by atoms with Crippen LogP contribution in [-0.4, -0.2) is 67.4 Å². The van der Waals surface area contributed by atoms with Crippen molar-refractivity contribution in [3.8, 4) is 11.5 Å². The van der Waals surface area contributed by atoms with Crippen LogP contribution in [0.15, 0.2) is 29.8 Å². The van der Waals surface area contributed by atoms with Crippen LogP contribution >= 0.6 is 39.1 Å². The number of methoxy groups -OCH3 is 1. The van der Waals surface area contributed by atoms with E-state index >= 15 is 0 Å². The van der Waals surface area contributed by atoms with Crippen molar-refractivity contribution in [2.24, 2.45) is 17.8 Å². The van der Waals surface area contributed by atoms with Crippen LogP contribution < -0.4 is 4.74 Å². The van der Waals surface area contributed by atoms with Crippen LogP contribution in [0.5, 0.6) is 11.5 Å². The number of benzene rings is 1. The lowest BCUT2D eigenvalue weighted by Gasteiger charge is -2.51. The maximum atomic E-state index is 13.7. The van der Waals surface area contributed by atoms with Crippen LogP contribution in [-0.2, 0) is 19.2 Å². The molecule has 1 aromatic rings. The standard InChI is InChI=1S/C24H23BrCl2N2O6/c1-3-28-19(31)12-8-7-11-13(16(12)20(28)32)9-23(26)21(33)29(10-25)22(34)24(23,27)18(11)17-14(30)5-4-6-15(17)35-2/h4-7,12-13,16,18,30H,3,8-10H2,1-2H3. The van der Waals surface area contributed by atoms with Crippen molar-refractivity contribution in [2.75, 3.05) is 19.1 Å². The fourth-order valence-electron chi connectivity index (χ4n) is 6.45. The number of alkyl halides is 3. The van der Waals surface area contributed by atoms with E-state index < -0.39 is 45.2 Å². The molecule has 2 aliphatic heterocycles. The van der Waals surface area contributed by atoms with Gasteiger partial charge in [0.1, 0.15) is 11.5 Å². The molecule has 4 aliphatic rings. The first kappa shape index (κ1) is 24.6. The summed E-state index contributed by atoms with van der Waals surface area (Å²) in [5.41, 5.74) is 0.704. The molecule has 3 fully saturated rings. The molecular weight excluding hydrogens is 563 g/mol. The second-order valence-corrected chi connectivity index (χ2v) is 11.0. The second-order valence-electron chi connectivity index (χ2n) is 9.30. The molecule has 0 bridgehead atoms. The van der Waals surface area contributed by atoms with Gasteiger partial charge in [0.25, 0.3) is 11.8 Å². The van der Waals surface area contributed by atoms with Gasteiger partial charge in [-0.25, -0.2) is 0 Å². The molecule has 1 aromatic carbocycles. The number of nitrogens with zero attached hydrogens (tertiary/aromatic N) is 2. The van der Waals surface area contributed by atoms with Gasteiger partial charge in [-0.1, -0.05) is 33.6 Å². The summed E-state index contributed by atoms with van der Waals surface area (Å²) in [6.45, 7) is 1.97. The van der Waals surface area contributed by atoms with Crippen molar-refractivity contribution in [1.29, 1.82) is 0 Å². The molecule has 0 aromatic heterocycles. The van der Waals surface area contributed by atoms with Crippen LogP contribution in [0.25, 0.3) is 0 Å². The van der Waals surface area contributed by atoms with Crippen molar-refractivity contribution < 1.29 is 29.0 Å². The minimum absolute atomic E-state index is 0.0951. The number of allylic oxidation sites excluding steroid dienone is 2. The van der Waals surface area contributed by atoms with E-state index in [1.165, 1.54) is 18.1 Å². The Bertz CT molecular complexity index is 1210. The van der Waals surface area contributed by atoms with E-state index in [0.29, 0.717) is 5.57 Å². The van der Waals surface area contributed by atoms with Crippen molar-refractivity contribution in [3.05, 3.63) is 35.4 Å². The van der Waals surface area contributed by atoms with Gasteiger partial charge in [0.15, 0.2) is 9.75 Å². The van der Waals surface area contributed by atoms with Gasteiger partial charge < -0.3 is 9.84 Å². The maximum absolute atomic E-state index is 13.7. The Balaban J connectivity index is 1.79. The lowest BCUT2D eigenvalue weighted by atomic mass is 9.56. The minimum Gasteiger partial charge on any atom is -0.508 e. The number of phenolic OH excluding ortho intramolecular Hbond substituents is 1. The van der Waals surface area contributed by atoms with Gasteiger partial charge in [-0.3, -0.25) is 29.0 Å². The number of aromatic hydroxyl groups is 1.